The van der Waals surface area contributed by atoms with E-state index in [4.69, 9.17) is 0 Å². The van der Waals surface area contributed by atoms with Crippen molar-refractivity contribution < 1.29 is 13.2 Å². The van der Waals surface area contributed by atoms with Gasteiger partial charge in [-0.05, 0) is 36.6 Å². The van der Waals surface area contributed by atoms with Crippen LogP contribution in [0.5, 0.6) is 0 Å². The van der Waals surface area contributed by atoms with Gasteiger partial charge in [0.2, 0.25) is 15.9 Å². The number of aryl methyl sites for hydroxylation is 2. The summed E-state index contributed by atoms with van der Waals surface area (Å²) in [6.45, 7) is 2.46. The molecule has 2 heterocycles. The van der Waals surface area contributed by atoms with Crippen molar-refractivity contribution in [2.45, 2.75) is 31.2 Å². The summed E-state index contributed by atoms with van der Waals surface area (Å²) >= 11 is 0. The molecule has 1 amide bonds. The number of hydrogen-bond donors (Lipinski definition) is 0. The Bertz CT molecular complexity index is 904. The van der Waals surface area contributed by atoms with Gasteiger partial charge in [-0.3, -0.25) is 9.48 Å². The highest BCUT2D eigenvalue weighted by Crippen LogP contribution is 2.30. The number of fused-ring (bicyclic) bond motifs is 1. The molecule has 3 rings (SSSR count). The number of aromatic nitrogens is 2. The number of amides is 1. The first-order chi connectivity index (χ1) is 11.8. The second-order valence-electron chi connectivity index (χ2n) is 6.35. The third-order valence-corrected chi connectivity index (χ3v) is 6.22. The SMILES string of the molecule is CC(=O)N1CCCc2cc(S(=O)(=O)N(C)Cc3cnn(C)c3)ccc21. The molecule has 1 aliphatic rings. The molecule has 0 N–H and O–H groups in total. The van der Waals surface area contributed by atoms with E-state index >= 15 is 0 Å². The molecular formula is C17H22N4O3S. The number of nitrogens with zero attached hydrogens (tertiary/aromatic N) is 4. The van der Waals surface area contributed by atoms with Gasteiger partial charge in [0.05, 0.1) is 11.1 Å². The number of anilines is 1. The summed E-state index contributed by atoms with van der Waals surface area (Å²) < 4.78 is 28.7. The minimum Gasteiger partial charge on any atom is -0.312 e. The molecule has 134 valence electrons. The van der Waals surface area contributed by atoms with E-state index in [0.29, 0.717) is 6.54 Å². The maximum Gasteiger partial charge on any atom is 0.243 e. The Labute approximate surface area is 147 Å². The molecule has 0 radical (unpaired) electrons. The maximum atomic E-state index is 12.9. The van der Waals surface area contributed by atoms with Crippen molar-refractivity contribution in [3.05, 3.63) is 41.7 Å². The number of benzene rings is 1. The molecule has 8 heteroatoms. The van der Waals surface area contributed by atoms with Crippen LogP contribution in [-0.2, 0) is 34.8 Å². The molecule has 0 fully saturated rings. The topological polar surface area (TPSA) is 75.5 Å². The Morgan fingerprint density at radius 2 is 2.12 bits per heavy atom. The van der Waals surface area contributed by atoms with Crippen LogP contribution in [0.2, 0.25) is 0 Å². The second kappa shape index (κ2) is 6.61. The van der Waals surface area contributed by atoms with Crippen molar-refractivity contribution in [2.75, 3.05) is 18.5 Å². The first-order valence-electron chi connectivity index (χ1n) is 8.14. The first kappa shape index (κ1) is 17.6. The molecule has 7 nitrogen and oxygen atoms in total. The second-order valence-corrected chi connectivity index (χ2v) is 8.39. The lowest BCUT2D eigenvalue weighted by molar-refractivity contribution is -0.116. The highest BCUT2D eigenvalue weighted by atomic mass is 32.2. The Balaban J connectivity index is 1.88. The summed E-state index contributed by atoms with van der Waals surface area (Å²) in [5.74, 6) is -0.0229. The molecule has 0 saturated heterocycles. The zero-order valence-corrected chi connectivity index (χ0v) is 15.5. The molecule has 0 saturated carbocycles. The summed E-state index contributed by atoms with van der Waals surface area (Å²) in [6.07, 6.45) is 5.06. The summed E-state index contributed by atoms with van der Waals surface area (Å²) in [5, 5.41) is 4.06. The highest BCUT2D eigenvalue weighted by Gasteiger charge is 2.25. The van der Waals surface area contributed by atoms with Crippen molar-refractivity contribution in [2.24, 2.45) is 7.05 Å². The first-order valence-corrected chi connectivity index (χ1v) is 9.58. The van der Waals surface area contributed by atoms with Crippen molar-refractivity contribution >= 4 is 21.6 Å². The zero-order chi connectivity index (χ0) is 18.2. The molecule has 1 aliphatic heterocycles. The van der Waals surface area contributed by atoms with Crippen LogP contribution < -0.4 is 4.90 Å². The summed E-state index contributed by atoms with van der Waals surface area (Å²) in [6, 6.07) is 5.01. The van der Waals surface area contributed by atoms with Crippen LogP contribution in [-0.4, -0.2) is 42.0 Å². The van der Waals surface area contributed by atoms with Crippen LogP contribution in [0.3, 0.4) is 0 Å². The van der Waals surface area contributed by atoms with Gasteiger partial charge in [-0.15, -0.1) is 0 Å². The van der Waals surface area contributed by atoms with E-state index in [9.17, 15) is 13.2 Å². The van der Waals surface area contributed by atoms with Crippen molar-refractivity contribution in [1.82, 2.24) is 14.1 Å². The Morgan fingerprint density at radius 1 is 1.36 bits per heavy atom. The van der Waals surface area contributed by atoms with Crippen LogP contribution in [0.25, 0.3) is 0 Å². The van der Waals surface area contributed by atoms with E-state index in [-0.39, 0.29) is 17.3 Å². The fourth-order valence-electron chi connectivity index (χ4n) is 3.14. The highest BCUT2D eigenvalue weighted by molar-refractivity contribution is 7.89. The van der Waals surface area contributed by atoms with Crippen LogP contribution in [0.15, 0.2) is 35.5 Å². The van der Waals surface area contributed by atoms with E-state index in [1.54, 1.807) is 54.3 Å². The Kier molecular flexibility index (Phi) is 4.66. The predicted molar refractivity (Wildman–Crippen MR) is 94.7 cm³/mol. The molecular weight excluding hydrogens is 340 g/mol. The Hall–Kier alpha value is -2.19. The summed E-state index contributed by atoms with van der Waals surface area (Å²) in [5.41, 5.74) is 2.54. The van der Waals surface area contributed by atoms with Gasteiger partial charge in [0.15, 0.2) is 0 Å². The average Bonchev–Trinajstić information content (AvgIpc) is 2.98. The third kappa shape index (κ3) is 3.45. The van der Waals surface area contributed by atoms with E-state index in [2.05, 4.69) is 5.10 Å². The number of rotatable bonds is 4. The lowest BCUT2D eigenvalue weighted by Crippen LogP contribution is -2.34. The smallest absolute Gasteiger partial charge is 0.243 e. The number of carbonyl (C=O) groups is 1. The van der Waals surface area contributed by atoms with Gasteiger partial charge in [0.25, 0.3) is 0 Å². The lowest BCUT2D eigenvalue weighted by Gasteiger charge is -2.29. The van der Waals surface area contributed by atoms with Crippen LogP contribution in [0.4, 0.5) is 5.69 Å². The fraction of sp³-hybridized carbons (Fsp3) is 0.412. The zero-order valence-electron chi connectivity index (χ0n) is 14.6. The Morgan fingerprint density at radius 3 is 2.76 bits per heavy atom. The van der Waals surface area contributed by atoms with Crippen LogP contribution in [0, 0.1) is 0 Å². The van der Waals surface area contributed by atoms with E-state index < -0.39 is 10.0 Å². The molecule has 0 bridgehead atoms. The number of carbonyl (C=O) groups excluding carboxylic acids is 1. The minimum atomic E-state index is -3.61. The van der Waals surface area contributed by atoms with Crippen LogP contribution >= 0.6 is 0 Å². The maximum absolute atomic E-state index is 12.9. The monoisotopic (exact) mass is 362 g/mol. The number of sulfonamides is 1. The van der Waals surface area contributed by atoms with E-state index in [1.807, 2.05) is 0 Å². The van der Waals surface area contributed by atoms with Crippen molar-refractivity contribution in [1.29, 1.82) is 0 Å². The van der Waals surface area contributed by atoms with Gasteiger partial charge in [0.1, 0.15) is 0 Å². The molecule has 0 atom stereocenters. The van der Waals surface area contributed by atoms with Gasteiger partial charge in [-0.2, -0.15) is 9.40 Å². The molecule has 2 aromatic rings. The van der Waals surface area contributed by atoms with Crippen molar-refractivity contribution in [3.63, 3.8) is 0 Å². The van der Waals surface area contributed by atoms with E-state index in [0.717, 1.165) is 29.7 Å². The molecule has 1 aromatic carbocycles. The molecule has 0 spiro atoms. The predicted octanol–water partition coefficient (Wildman–Crippen LogP) is 1.54. The lowest BCUT2D eigenvalue weighted by atomic mass is 10.0. The molecule has 0 unspecified atom stereocenters. The van der Waals surface area contributed by atoms with Crippen LogP contribution in [0.1, 0.15) is 24.5 Å². The van der Waals surface area contributed by atoms with E-state index in [1.165, 1.54) is 11.2 Å². The van der Waals surface area contributed by atoms with Gasteiger partial charge in [-0.1, -0.05) is 0 Å². The normalized spacial score (nSPS) is 14.6. The van der Waals surface area contributed by atoms with Crippen molar-refractivity contribution in [3.8, 4) is 0 Å². The number of hydrogen-bond acceptors (Lipinski definition) is 4. The molecule has 25 heavy (non-hydrogen) atoms. The average molecular weight is 362 g/mol. The third-order valence-electron chi connectivity index (χ3n) is 4.42. The van der Waals surface area contributed by atoms with Gasteiger partial charge < -0.3 is 4.90 Å². The quantitative estimate of drug-likeness (QED) is 0.827. The summed E-state index contributed by atoms with van der Waals surface area (Å²) in [4.78, 5) is 13.7. The van der Waals surface area contributed by atoms with Gasteiger partial charge >= 0.3 is 0 Å². The summed E-state index contributed by atoms with van der Waals surface area (Å²) in [7, 11) is -0.253. The van der Waals surface area contributed by atoms with Gasteiger partial charge in [0, 0.05) is 51.6 Å². The fourth-order valence-corrected chi connectivity index (χ4v) is 4.35. The molecule has 1 aromatic heterocycles. The van der Waals surface area contributed by atoms with Gasteiger partial charge in [-0.25, -0.2) is 8.42 Å². The minimum absolute atomic E-state index is 0.0229. The standard InChI is InChI=1S/C17H22N4O3S/c1-13(22)21-8-4-5-15-9-16(6-7-17(15)21)25(23,24)20(3)12-14-10-18-19(2)11-14/h6-7,9-11H,4-5,8,12H2,1-3H3. The largest absolute Gasteiger partial charge is 0.312 e. The molecule has 0 aliphatic carbocycles.